The smallest absolute Gasteiger partial charge is 0.155 e. The van der Waals surface area contributed by atoms with Gasteiger partial charge in [-0.25, -0.2) is 9.67 Å². The Bertz CT molecular complexity index is 765. The van der Waals surface area contributed by atoms with Crippen LogP contribution < -0.4 is 0 Å². The number of fused-ring (bicyclic) bond motifs is 1. The van der Waals surface area contributed by atoms with Gasteiger partial charge in [-0.15, -0.1) is 0 Å². The monoisotopic (exact) mass is 234 g/mol. The van der Waals surface area contributed by atoms with Gasteiger partial charge in [0.2, 0.25) is 0 Å². The maximum absolute atomic E-state index is 8.99. The topological polar surface area (TPSA) is 54.5 Å². The summed E-state index contributed by atoms with van der Waals surface area (Å²) in [7, 11) is 0. The van der Waals surface area contributed by atoms with Crippen LogP contribution in [0.5, 0.6) is 0 Å². The Morgan fingerprint density at radius 2 is 2.06 bits per heavy atom. The van der Waals surface area contributed by atoms with Gasteiger partial charge in [-0.2, -0.15) is 10.4 Å². The van der Waals surface area contributed by atoms with Crippen molar-refractivity contribution < 1.29 is 0 Å². The molecule has 4 nitrogen and oxygen atoms in total. The maximum Gasteiger partial charge on any atom is 0.155 e. The summed E-state index contributed by atoms with van der Waals surface area (Å²) in [5, 5.41) is 14.4. The molecule has 18 heavy (non-hydrogen) atoms. The lowest BCUT2D eigenvalue weighted by Gasteiger charge is -2.04. The molecule has 0 saturated heterocycles. The summed E-state index contributed by atoms with van der Waals surface area (Å²) in [4.78, 5) is 4.42. The highest BCUT2D eigenvalue weighted by Gasteiger charge is 2.07. The van der Waals surface area contributed by atoms with Crippen LogP contribution in [0.2, 0.25) is 0 Å². The van der Waals surface area contributed by atoms with Crippen LogP contribution >= 0.6 is 0 Å². The van der Waals surface area contributed by atoms with E-state index in [0.29, 0.717) is 11.4 Å². The number of nitrogens with zero attached hydrogens (tertiary/aromatic N) is 4. The van der Waals surface area contributed by atoms with Gasteiger partial charge in [-0.3, -0.25) is 0 Å². The molecule has 0 radical (unpaired) electrons. The van der Waals surface area contributed by atoms with Gasteiger partial charge in [0.25, 0.3) is 0 Å². The minimum Gasteiger partial charge on any atom is -0.234 e. The predicted octanol–water partition coefficient (Wildman–Crippen LogP) is 2.60. The van der Waals surface area contributed by atoms with E-state index in [1.165, 1.54) is 0 Å². The van der Waals surface area contributed by atoms with Crippen LogP contribution in [0.25, 0.3) is 16.7 Å². The molecule has 0 spiro atoms. The largest absolute Gasteiger partial charge is 0.234 e. The van der Waals surface area contributed by atoms with Crippen molar-refractivity contribution >= 4 is 10.9 Å². The Morgan fingerprint density at radius 3 is 2.89 bits per heavy atom. The molecule has 0 bridgehead atoms. The van der Waals surface area contributed by atoms with E-state index in [9.17, 15) is 0 Å². The molecule has 2 heterocycles. The number of hydrogen-bond acceptors (Lipinski definition) is 3. The maximum atomic E-state index is 8.99. The van der Waals surface area contributed by atoms with Crippen molar-refractivity contribution in [2.75, 3.05) is 0 Å². The van der Waals surface area contributed by atoms with Gasteiger partial charge in [-0.1, -0.05) is 18.2 Å². The van der Waals surface area contributed by atoms with Crippen molar-refractivity contribution in [2.24, 2.45) is 0 Å². The normalized spacial score (nSPS) is 10.4. The van der Waals surface area contributed by atoms with Gasteiger partial charge < -0.3 is 0 Å². The fourth-order valence-electron chi connectivity index (χ4n) is 1.98. The molecule has 0 aliphatic carbocycles. The van der Waals surface area contributed by atoms with Gasteiger partial charge in [0.1, 0.15) is 0 Å². The SMILES string of the molecule is Cc1cc(C#N)cc(-n2ncc3ccccc32)n1. The van der Waals surface area contributed by atoms with Crippen LogP contribution in [0.3, 0.4) is 0 Å². The minimum atomic E-state index is 0.595. The average Bonchev–Trinajstić information content (AvgIpc) is 2.81. The Kier molecular flexibility index (Phi) is 2.31. The van der Waals surface area contributed by atoms with Crippen LogP contribution in [0.1, 0.15) is 11.3 Å². The zero-order valence-corrected chi connectivity index (χ0v) is 9.83. The molecule has 0 atom stereocenters. The van der Waals surface area contributed by atoms with Gasteiger partial charge in [-0.05, 0) is 19.1 Å². The molecule has 1 aromatic carbocycles. The zero-order valence-electron chi connectivity index (χ0n) is 9.83. The summed E-state index contributed by atoms with van der Waals surface area (Å²) in [6.45, 7) is 1.87. The number of nitriles is 1. The lowest BCUT2D eigenvalue weighted by Crippen LogP contribution is -2.01. The molecule has 2 aromatic heterocycles. The first-order valence-corrected chi connectivity index (χ1v) is 5.60. The van der Waals surface area contributed by atoms with E-state index >= 15 is 0 Å². The molecule has 0 fully saturated rings. The van der Waals surface area contributed by atoms with Crippen LogP contribution in [0.4, 0.5) is 0 Å². The summed E-state index contributed by atoms with van der Waals surface area (Å²) in [6, 6.07) is 13.6. The Hall–Kier alpha value is -2.67. The fourth-order valence-corrected chi connectivity index (χ4v) is 1.98. The van der Waals surface area contributed by atoms with Crippen molar-refractivity contribution in [3.8, 4) is 11.9 Å². The van der Waals surface area contributed by atoms with E-state index in [1.807, 2.05) is 31.2 Å². The fraction of sp³-hybridized carbons (Fsp3) is 0.0714. The van der Waals surface area contributed by atoms with Crippen LogP contribution in [-0.2, 0) is 0 Å². The van der Waals surface area contributed by atoms with E-state index in [-0.39, 0.29) is 0 Å². The third-order valence-corrected chi connectivity index (χ3v) is 2.76. The van der Waals surface area contributed by atoms with Crippen molar-refractivity contribution in [3.63, 3.8) is 0 Å². The molecule has 0 unspecified atom stereocenters. The van der Waals surface area contributed by atoms with Gasteiger partial charge in [0.15, 0.2) is 5.82 Å². The quantitative estimate of drug-likeness (QED) is 0.650. The van der Waals surface area contributed by atoms with Crippen LogP contribution in [0.15, 0.2) is 42.6 Å². The summed E-state index contributed by atoms with van der Waals surface area (Å²) < 4.78 is 1.75. The van der Waals surface area contributed by atoms with E-state index < -0.39 is 0 Å². The van der Waals surface area contributed by atoms with E-state index in [4.69, 9.17) is 5.26 Å². The van der Waals surface area contributed by atoms with Gasteiger partial charge in [0.05, 0.1) is 23.3 Å². The molecular weight excluding hydrogens is 224 g/mol. The molecule has 3 rings (SSSR count). The Labute approximate surface area is 104 Å². The first kappa shape index (κ1) is 10.5. The van der Waals surface area contributed by atoms with Crippen molar-refractivity contribution in [2.45, 2.75) is 6.92 Å². The van der Waals surface area contributed by atoms with Crippen LogP contribution in [0, 0.1) is 18.3 Å². The summed E-state index contributed by atoms with van der Waals surface area (Å²) in [5.74, 6) is 0.674. The third-order valence-electron chi connectivity index (χ3n) is 2.76. The number of hydrogen-bond donors (Lipinski definition) is 0. The summed E-state index contributed by atoms with van der Waals surface area (Å²) in [6.07, 6.45) is 1.80. The van der Waals surface area contributed by atoms with Crippen molar-refractivity contribution in [3.05, 3.63) is 53.9 Å². The second kappa shape index (κ2) is 3.97. The highest BCUT2D eigenvalue weighted by molar-refractivity contribution is 5.79. The molecular formula is C14H10N4. The second-order valence-corrected chi connectivity index (χ2v) is 4.08. The average molecular weight is 234 g/mol. The zero-order chi connectivity index (χ0) is 12.5. The summed E-state index contributed by atoms with van der Waals surface area (Å²) >= 11 is 0. The van der Waals surface area contributed by atoms with E-state index in [2.05, 4.69) is 16.2 Å². The molecule has 0 saturated carbocycles. The standard InChI is InChI=1S/C14H10N4/c1-10-6-11(8-15)7-14(17-10)18-13-5-3-2-4-12(13)9-16-18/h2-7,9H,1H3. The number of aromatic nitrogens is 3. The highest BCUT2D eigenvalue weighted by atomic mass is 15.3. The summed E-state index contributed by atoms with van der Waals surface area (Å²) in [5.41, 5.74) is 2.39. The lowest BCUT2D eigenvalue weighted by molar-refractivity contribution is 0.866. The Balaban J connectivity index is 2.27. The van der Waals surface area contributed by atoms with Crippen molar-refractivity contribution in [1.29, 1.82) is 5.26 Å². The van der Waals surface area contributed by atoms with Gasteiger partial charge >= 0.3 is 0 Å². The number of rotatable bonds is 1. The first-order valence-electron chi connectivity index (χ1n) is 5.60. The number of aryl methyl sites for hydroxylation is 1. The van der Waals surface area contributed by atoms with Crippen molar-refractivity contribution in [1.82, 2.24) is 14.8 Å². The molecule has 0 N–H and O–H groups in total. The molecule has 3 aromatic rings. The second-order valence-electron chi connectivity index (χ2n) is 4.08. The number of pyridine rings is 1. The molecule has 0 aliphatic rings. The lowest BCUT2D eigenvalue weighted by atomic mass is 10.2. The van der Waals surface area contributed by atoms with E-state index in [0.717, 1.165) is 16.6 Å². The molecule has 0 aliphatic heterocycles. The van der Waals surface area contributed by atoms with E-state index in [1.54, 1.807) is 23.0 Å². The third kappa shape index (κ3) is 1.62. The predicted molar refractivity (Wildman–Crippen MR) is 68.3 cm³/mol. The molecule has 4 heteroatoms. The first-order chi connectivity index (χ1) is 8.78. The Morgan fingerprint density at radius 1 is 1.22 bits per heavy atom. The van der Waals surface area contributed by atoms with Crippen LogP contribution in [-0.4, -0.2) is 14.8 Å². The van der Waals surface area contributed by atoms with Gasteiger partial charge in [0, 0.05) is 17.1 Å². The minimum absolute atomic E-state index is 0.595. The molecule has 86 valence electrons. The molecule has 0 amide bonds. The highest BCUT2D eigenvalue weighted by Crippen LogP contribution is 2.17. The number of para-hydroxylation sites is 1. The number of benzene rings is 1.